The SMILES string of the molecule is CCCc1ccc(C[C@@]2(C)CCc3cc(C(=O)N(CC(=O)O)Cc4ccc(C(F)(F)F)cc4)ccc3O2)cc1. The number of carbonyl (C=O) groups is 2. The summed E-state index contributed by atoms with van der Waals surface area (Å²) in [7, 11) is 0. The Kier molecular flexibility index (Phi) is 8.33. The lowest BCUT2D eigenvalue weighted by atomic mass is 9.86. The number of rotatable bonds is 9. The number of carboxylic acids is 1. The molecular weight excluding hydrogens is 507 g/mol. The topological polar surface area (TPSA) is 66.8 Å². The molecule has 0 unspecified atom stereocenters. The van der Waals surface area contributed by atoms with Gasteiger partial charge in [-0.1, -0.05) is 49.7 Å². The van der Waals surface area contributed by atoms with E-state index in [4.69, 9.17) is 4.74 Å². The van der Waals surface area contributed by atoms with Gasteiger partial charge in [-0.3, -0.25) is 9.59 Å². The van der Waals surface area contributed by atoms with Gasteiger partial charge in [0, 0.05) is 18.5 Å². The average Bonchev–Trinajstić information content (AvgIpc) is 2.88. The van der Waals surface area contributed by atoms with Gasteiger partial charge >= 0.3 is 12.1 Å². The first kappa shape index (κ1) is 28.2. The van der Waals surface area contributed by atoms with Gasteiger partial charge in [0.1, 0.15) is 17.9 Å². The Hall–Kier alpha value is -3.81. The van der Waals surface area contributed by atoms with Crippen molar-refractivity contribution in [3.8, 4) is 5.75 Å². The molecule has 1 N–H and O–H groups in total. The van der Waals surface area contributed by atoms with Crippen LogP contribution in [-0.4, -0.2) is 34.0 Å². The summed E-state index contributed by atoms with van der Waals surface area (Å²) in [6, 6.07) is 18.0. The third-order valence-corrected chi connectivity index (χ3v) is 6.99. The van der Waals surface area contributed by atoms with E-state index in [-0.39, 0.29) is 6.54 Å². The highest BCUT2D eigenvalue weighted by molar-refractivity contribution is 5.96. The molecular formula is C31H32F3NO4. The number of benzene rings is 3. The molecule has 0 aromatic heterocycles. The second-order valence-corrected chi connectivity index (χ2v) is 10.4. The number of aryl methyl sites for hydroxylation is 2. The zero-order valence-corrected chi connectivity index (χ0v) is 22.1. The molecule has 0 fully saturated rings. The van der Waals surface area contributed by atoms with Gasteiger partial charge in [0.2, 0.25) is 0 Å². The van der Waals surface area contributed by atoms with Crippen molar-refractivity contribution in [2.45, 2.75) is 64.3 Å². The van der Waals surface area contributed by atoms with Crippen molar-refractivity contribution in [1.29, 1.82) is 0 Å². The Morgan fingerprint density at radius 2 is 1.62 bits per heavy atom. The van der Waals surface area contributed by atoms with Gasteiger partial charge in [0.05, 0.1) is 5.56 Å². The van der Waals surface area contributed by atoms with Crippen LogP contribution in [0, 0.1) is 0 Å². The number of hydrogen-bond acceptors (Lipinski definition) is 3. The quantitative estimate of drug-likeness (QED) is 0.328. The lowest BCUT2D eigenvalue weighted by Gasteiger charge is -2.36. The first-order chi connectivity index (χ1) is 18.5. The monoisotopic (exact) mass is 539 g/mol. The lowest BCUT2D eigenvalue weighted by Crippen LogP contribution is -2.39. The minimum atomic E-state index is -4.48. The van der Waals surface area contributed by atoms with Crippen LogP contribution in [0.1, 0.15) is 64.9 Å². The molecule has 1 atom stereocenters. The summed E-state index contributed by atoms with van der Waals surface area (Å²) in [6.45, 7) is 3.52. The minimum absolute atomic E-state index is 0.133. The number of nitrogens with zero attached hydrogens (tertiary/aromatic N) is 1. The van der Waals surface area contributed by atoms with Crippen LogP contribution < -0.4 is 4.74 Å². The van der Waals surface area contributed by atoms with E-state index in [1.807, 2.05) is 0 Å². The minimum Gasteiger partial charge on any atom is -0.487 e. The van der Waals surface area contributed by atoms with E-state index in [1.165, 1.54) is 23.3 Å². The van der Waals surface area contributed by atoms with Crippen molar-refractivity contribution >= 4 is 11.9 Å². The van der Waals surface area contributed by atoms with Crippen LogP contribution in [-0.2, 0) is 36.8 Å². The molecule has 1 amide bonds. The zero-order chi connectivity index (χ0) is 28.2. The summed E-state index contributed by atoms with van der Waals surface area (Å²) in [4.78, 5) is 25.9. The fraction of sp³-hybridized carbons (Fsp3) is 0.355. The predicted octanol–water partition coefficient (Wildman–Crippen LogP) is 6.71. The maximum Gasteiger partial charge on any atom is 0.416 e. The van der Waals surface area contributed by atoms with Crippen molar-refractivity contribution < 1.29 is 32.6 Å². The highest BCUT2D eigenvalue weighted by Crippen LogP contribution is 2.36. The molecule has 39 heavy (non-hydrogen) atoms. The van der Waals surface area contributed by atoms with E-state index in [0.717, 1.165) is 48.3 Å². The molecule has 8 heteroatoms. The van der Waals surface area contributed by atoms with E-state index in [0.29, 0.717) is 23.3 Å². The van der Waals surface area contributed by atoms with Crippen molar-refractivity contribution in [2.24, 2.45) is 0 Å². The van der Waals surface area contributed by atoms with E-state index < -0.39 is 35.8 Å². The van der Waals surface area contributed by atoms with Crippen molar-refractivity contribution in [3.05, 3.63) is 100 Å². The van der Waals surface area contributed by atoms with Crippen molar-refractivity contribution in [3.63, 3.8) is 0 Å². The number of fused-ring (bicyclic) bond motifs is 1. The number of hydrogen-bond donors (Lipinski definition) is 1. The van der Waals surface area contributed by atoms with E-state index in [1.54, 1.807) is 18.2 Å². The van der Waals surface area contributed by atoms with Gasteiger partial charge < -0.3 is 14.7 Å². The van der Waals surface area contributed by atoms with Crippen LogP contribution >= 0.6 is 0 Å². The number of carboxylic acid groups (broad SMARTS) is 1. The van der Waals surface area contributed by atoms with Crippen molar-refractivity contribution in [2.75, 3.05) is 6.54 Å². The molecule has 5 nitrogen and oxygen atoms in total. The Labute approximate surface area is 226 Å². The van der Waals surface area contributed by atoms with E-state index >= 15 is 0 Å². The summed E-state index contributed by atoms with van der Waals surface area (Å²) in [5.74, 6) is -1.04. The number of amides is 1. The molecule has 1 heterocycles. The first-order valence-electron chi connectivity index (χ1n) is 13.0. The first-order valence-corrected chi connectivity index (χ1v) is 13.0. The summed E-state index contributed by atoms with van der Waals surface area (Å²) >= 11 is 0. The Morgan fingerprint density at radius 1 is 0.974 bits per heavy atom. The second kappa shape index (κ2) is 11.5. The van der Waals surface area contributed by atoms with Gasteiger partial charge in [-0.15, -0.1) is 0 Å². The Bertz CT molecular complexity index is 1320. The third kappa shape index (κ3) is 7.19. The largest absolute Gasteiger partial charge is 0.487 e. The third-order valence-electron chi connectivity index (χ3n) is 6.99. The van der Waals surface area contributed by atoms with Gasteiger partial charge in [-0.25, -0.2) is 0 Å². The smallest absolute Gasteiger partial charge is 0.416 e. The molecule has 0 saturated heterocycles. The van der Waals surface area contributed by atoms with Crippen LogP contribution in [0.2, 0.25) is 0 Å². The molecule has 0 saturated carbocycles. The molecule has 0 spiro atoms. The lowest BCUT2D eigenvalue weighted by molar-refractivity contribution is -0.138. The fourth-order valence-electron chi connectivity index (χ4n) is 4.96. The van der Waals surface area contributed by atoms with Gasteiger partial charge in [0.15, 0.2) is 0 Å². The standard InChI is InChI=1S/C31H32F3NO4/c1-3-4-21-5-7-22(8-6-21)18-30(2)16-15-24-17-25(11-14-27(24)39-30)29(38)35(20-28(36)37)19-23-9-12-26(13-10-23)31(32,33)34/h5-14,17H,3-4,15-16,18-20H2,1-2H3,(H,36,37)/t30-/m1/s1. The van der Waals surface area contributed by atoms with Gasteiger partial charge in [-0.2, -0.15) is 13.2 Å². The van der Waals surface area contributed by atoms with Crippen LogP contribution in [0.3, 0.4) is 0 Å². The normalized spacial score (nSPS) is 16.7. The number of aliphatic carboxylic acids is 1. The average molecular weight is 540 g/mol. The zero-order valence-electron chi connectivity index (χ0n) is 22.1. The molecule has 1 aliphatic rings. The molecule has 4 rings (SSSR count). The number of carbonyl (C=O) groups excluding carboxylic acids is 1. The highest BCUT2D eigenvalue weighted by Gasteiger charge is 2.33. The summed E-state index contributed by atoms with van der Waals surface area (Å²) in [5.41, 5.74) is 2.87. The van der Waals surface area contributed by atoms with Crippen LogP contribution in [0.4, 0.5) is 13.2 Å². The number of halogens is 3. The molecule has 0 aliphatic carbocycles. The van der Waals surface area contributed by atoms with Gasteiger partial charge in [0.25, 0.3) is 5.91 Å². The van der Waals surface area contributed by atoms with Crippen LogP contribution in [0.25, 0.3) is 0 Å². The van der Waals surface area contributed by atoms with Crippen LogP contribution in [0.5, 0.6) is 5.75 Å². The van der Waals surface area contributed by atoms with Crippen molar-refractivity contribution in [1.82, 2.24) is 4.90 Å². The maximum atomic E-state index is 13.3. The summed E-state index contributed by atoms with van der Waals surface area (Å²) in [5, 5.41) is 9.36. The predicted molar refractivity (Wildman–Crippen MR) is 142 cm³/mol. The molecule has 3 aromatic carbocycles. The van der Waals surface area contributed by atoms with Crippen LogP contribution in [0.15, 0.2) is 66.7 Å². The maximum absolute atomic E-state index is 13.3. The Balaban J connectivity index is 1.47. The Morgan fingerprint density at radius 3 is 2.23 bits per heavy atom. The summed E-state index contributed by atoms with van der Waals surface area (Å²) < 4.78 is 45.0. The summed E-state index contributed by atoms with van der Waals surface area (Å²) in [6.07, 6.45) is -0.132. The number of ether oxygens (including phenoxy) is 1. The molecule has 1 aliphatic heterocycles. The molecule has 0 radical (unpaired) electrons. The van der Waals surface area contributed by atoms with Gasteiger partial charge in [-0.05, 0) is 78.8 Å². The second-order valence-electron chi connectivity index (χ2n) is 10.4. The fourth-order valence-corrected chi connectivity index (χ4v) is 4.96. The molecule has 3 aromatic rings. The van der Waals surface area contributed by atoms with E-state index in [2.05, 4.69) is 38.1 Å². The molecule has 0 bridgehead atoms. The highest BCUT2D eigenvalue weighted by atomic mass is 19.4. The van der Waals surface area contributed by atoms with E-state index in [9.17, 15) is 27.9 Å². The number of alkyl halides is 3. The molecule has 206 valence electrons.